The van der Waals surface area contributed by atoms with Gasteiger partial charge >= 0.3 is 0 Å². The zero-order valence-corrected chi connectivity index (χ0v) is 25.7. The van der Waals surface area contributed by atoms with E-state index in [1.54, 1.807) is 0 Å². The van der Waals surface area contributed by atoms with E-state index in [1.165, 1.54) is 27.1 Å². The maximum Gasteiger partial charge on any atom is 0.220 e. The fraction of sp³-hybridized carbons (Fsp3) is 0. The molecule has 0 aliphatic carbocycles. The van der Waals surface area contributed by atoms with E-state index in [0.717, 1.165) is 61.6 Å². The van der Waals surface area contributed by atoms with Gasteiger partial charge in [0.1, 0.15) is 5.82 Å². The van der Waals surface area contributed by atoms with Gasteiger partial charge in [0.15, 0.2) is 0 Å². The van der Waals surface area contributed by atoms with Gasteiger partial charge in [0.25, 0.3) is 0 Å². The Hall–Kier alpha value is -6.66. The molecule has 0 atom stereocenters. The average Bonchev–Trinajstić information content (AvgIpc) is 3.86. The molecule has 0 aliphatic rings. The van der Waals surface area contributed by atoms with Crippen molar-refractivity contribution in [2.45, 2.75) is 0 Å². The van der Waals surface area contributed by atoms with Gasteiger partial charge < -0.3 is 4.57 Å². The number of pyridine rings is 1. The van der Waals surface area contributed by atoms with Crippen molar-refractivity contribution in [3.05, 3.63) is 158 Å². The molecule has 5 heterocycles. The smallest absolute Gasteiger partial charge is 0.220 e. The van der Waals surface area contributed by atoms with Crippen LogP contribution in [0, 0.1) is 0 Å². The Labute approximate surface area is 274 Å². The van der Waals surface area contributed by atoms with Crippen LogP contribution < -0.4 is 0 Å². The van der Waals surface area contributed by atoms with Gasteiger partial charge in [-0.25, -0.2) is 9.97 Å². The second kappa shape index (κ2) is 9.44. The molecule has 48 heavy (non-hydrogen) atoms. The van der Waals surface area contributed by atoms with Crippen LogP contribution in [-0.2, 0) is 0 Å². The largest absolute Gasteiger partial charge is 0.309 e. The van der Waals surface area contributed by atoms with Crippen LogP contribution in [0.1, 0.15) is 0 Å². The van der Waals surface area contributed by atoms with Crippen LogP contribution in [0.5, 0.6) is 0 Å². The zero-order valence-electron chi connectivity index (χ0n) is 25.7. The molecule has 0 saturated carbocycles. The first kappa shape index (κ1) is 25.5. The number of benzene rings is 6. The van der Waals surface area contributed by atoms with Crippen LogP contribution in [0.3, 0.4) is 0 Å². The number of hydrogen-bond donors (Lipinski definition) is 0. The second-order valence-electron chi connectivity index (χ2n) is 12.4. The first-order chi connectivity index (χ1) is 23.8. The molecule has 11 rings (SSSR count). The van der Waals surface area contributed by atoms with Crippen LogP contribution in [0.2, 0.25) is 0 Å². The standard InChI is InChI=1S/C42H26N6/c1-4-17-34-29(14-1)31-25-32-30-15-2-5-18-35(30)47(41-22-9-10-23-43-41)40(32)26-39(31)45(34)27-12-11-13-28(24-27)46-37-20-7-8-21-38(37)48-36-19-6-3-16-33(36)44-42(46)48/h1-26H. The number of hydrogen-bond acceptors (Lipinski definition) is 2. The third-order valence-corrected chi connectivity index (χ3v) is 9.80. The number of imidazole rings is 2. The molecular weight excluding hydrogens is 589 g/mol. The van der Waals surface area contributed by atoms with E-state index in [2.05, 4.69) is 164 Å². The Morgan fingerprint density at radius 1 is 0.375 bits per heavy atom. The van der Waals surface area contributed by atoms with Crippen molar-refractivity contribution in [3.63, 3.8) is 0 Å². The summed E-state index contributed by atoms with van der Waals surface area (Å²) in [6.45, 7) is 0. The third kappa shape index (κ3) is 3.35. The highest BCUT2D eigenvalue weighted by molar-refractivity contribution is 6.19. The predicted octanol–water partition coefficient (Wildman–Crippen LogP) is 10.0. The monoisotopic (exact) mass is 614 g/mol. The van der Waals surface area contributed by atoms with Crippen LogP contribution in [0.4, 0.5) is 0 Å². The minimum Gasteiger partial charge on any atom is -0.309 e. The van der Waals surface area contributed by atoms with Crippen molar-refractivity contribution < 1.29 is 0 Å². The normalized spacial score (nSPS) is 12.2. The molecule has 0 spiro atoms. The van der Waals surface area contributed by atoms with Gasteiger partial charge in [0.2, 0.25) is 5.78 Å². The highest BCUT2D eigenvalue weighted by atomic mass is 15.2. The number of para-hydroxylation sites is 6. The predicted molar refractivity (Wildman–Crippen MR) is 196 cm³/mol. The fourth-order valence-corrected chi connectivity index (χ4v) is 7.82. The van der Waals surface area contributed by atoms with Gasteiger partial charge in [0.05, 0.1) is 49.8 Å². The summed E-state index contributed by atoms with van der Waals surface area (Å²) in [5.74, 6) is 1.81. The molecule has 6 aromatic carbocycles. The van der Waals surface area contributed by atoms with Crippen LogP contribution in [0.15, 0.2) is 158 Å². The van der Waals surface area contributed by atoms with Crippen molar-refractivity contribution in [2.24, 2.45) is 0 Å². The molecule has 0 saturated heterocycles. The lowest BCUT2D eigenvalue weighted by molar-refractivity contribution is 1.08. The lowest BCUT2D eigenvalue weighted by Crippen LogP contribution is -1.99. The quantitative estimate of drug-likeness (QED) is 0.199. The summed E-state index contributed by atoms with van der Waals surface area (Å²) in [6.07, 6.45) is 1.86. The van der Waals surface area contributed by atoms with Gasteiger partial charge in [-0.1, -0.05) is 72.8 Å². The second-order valence-corrected chi connectivity index (χ2v) is 12.4. The molecule has 6 nitrogen and oxygen atoms in total. The molecule has 0 unspecified atom stereocenters. The molecule has 0 fully saturated rings. The summed E-state index contributed by atoms with van der Waals surface area (Å²) in [7, 11) is 0. The van der Waals surface area contributed by atoms with Crippen molar-refractivity contribution in [1.29, 1.82) is 0 Å². The van der Waals surface area contributed by atoms with Crippen molar-refractivity contribution in [3.8, 4) is 17.2 Å². The average molecular weight is 615 g/mol. The number of nitrogens with zero attached hydrogens (tertiary/aromatic N) is 6. The van der Waals surface area contributed by atoms with Crippen LogP contribution in [-0.4, -0.2) is 28.1 Å². The van der Waals surface area contributed by atoms with E-state index in [-0.39, 0.29) is 0 Å². The maximum absolute atomic E-state index is 5.12. The summed E-state index contributed by atoms with van der Waals surface area (Å²) < 4.78 is 9.24. The number of aromatic nitrogens is 6. The van der Waals surface area contributed by atoms with E-state index in [4.69, 9.17) is 9.97 Å². The van der Waals surface area contributed by atoms with Crippen LogP contribution in [0.25, 0.3) is 88.6 Å². The first-order valence-electron chi connectivity index (χ1n) is 16.2. The van der Waals surface area contributed by atoms with Crippen LogP contribution >= 0.6 is 0 Å². The molecule has 0 N–H and O–H groups in total. The van der Waals surface area contributed by atoms with E-state index in [9.17, 15) is 0 Å². The first-order valence-corrected chi connectivity index (χ1v) is 16.2. The fourth-order valence-electron chi connectivity index (χ4n) is 7.82. The molecule has 0 bridgehead atoms. The molecular formula is C42H26N6. The molecule has 224 valence electrons. The summed E-state index contributed by atoms with van der Waals surface area (Å²) in [4.78, 5) is 9.90. The highest BCUT2D eigenvalue weighted by Crippen LogP contribution is 2.40. The Kier molecular flexibility index (Phi) is 5.02. The Bertz CT molecular complexity index is 3060. The van der Waals surface area contributed by atoms with Crippen molar-refractivity contribution in [2.75, 3.05) is 0 Å². The summed E-state index contributed by atoms with van der Waals surface area (Å²) in [5, 5.41) is 4.88. The lowest BCUT2D eigenvalue weighted by atomic mass is 10.1. The topological polar surface area (TPSA) is 45.0 Å². The minimum atomic E-state index is 0.901. The summed E-state index contributed by atoms with van der Waals surface area (Å²) in [5.41, 5.74) is 11.1. The third-order valence-electron chi connectivity index (χ3n) is 9.80. The van der Waals surface area contributed by atoms with Gasteiger partial charge in [-0.05, 0) is 78.9 Å². The SMILES string of the molecule is c1ccc(-n2c3ccccc3c3cc4c5ccccc5n(-c5cccc(-n6c7ccccc7n7c8ccccc8nc67)c5)c4cc32)nc1. The zero-order chi connectivity index (χ0) is 31.3. The number of rotatable bonds is 3. The van der Waals surface area contributed by atoms with E-state index in [1.807, 2.05) is 12.3 Å². The lowest BCUT2D eigenvalue weighted by Gasteiger charge is -2.12. The van der Waals surface area contributed by atoms with E-state index >= 15 is 0 Å². The highest BCUT2D eigenvalue weighted by Gasteiger charge is 2.20. The Balaban J connectivity index is 1.23. The summed E-state index contributed by atoms with van der Waals surface area (Å²) >= 11 is 0. The molecule has 6 heteroatoms. The van der Waals surface area contributed by atoms with Gasteiger partial charge in [-0.3, -0.25) is 13.5 Å². The molecule has 5 aromatic heterocycles. The molecule has 0 radical (unpaired) electrons. The number of fused-ring (bicyclic) bond motifs is 11. The minimum absolute atomic E-state index is 0.901. The molecule has 0 aliphatic heterocycles. The van der Waals surface area contributed by atoms with Gasteiger partial charge in [-0.2, -0.15) is 0 Å². The molecule has 0 amide bonds. The van der Waals surface area contributed by atoms with Crippen molar-refractivity contribution in [1.82, 2.24) is 28.1 Å². The van der Waals surface area contributed by atoms with Gasteiger partial charge in [0, 0.05) is 33.4 Å². The Morgan fingerprint density at radius 3 is 1.73 bits per heavy atom. The van der Waals surface area contributed by atoms with Gasteiger partial charge in [-0.15, -0.1) is 0 Å². The molecule has 11 aromatic rings. The Morgan fingerprint density at radius 2 is 0.979 bits per heavy atom. The maximum atomic E-state index is 5.12. The van der Waals surface area contributed by atoms with Crippen molar-refractivity contribution >= 4 is 71.5 Å². The van der Waals surface area contributed by atoms with E-state index in [0.29, 0.717) is 0 Å². The summed E-state index contributed by atoms with van der Waals surface area (Å²) in [6, 6.07) is 53.9. The van der Waals surface area contributed by atoms with E-state index < -0.39 is 0 Å².